The fourth-order valence-electron chi connectivity index (χ4n) is 2.26. The molecule has 1 aromatic carbocycles. The summed E-state index contributed by atoms with van der Waals surface area (Å²) in [4.78, 5) is 16.7. The summed E-state index contributed by atoms with van der Waals surface area (Å²) in [5, 5.41) is 0. The molecule has 0 saturated heterocycles. The van der Waals surface area contributed by atoms with Gasteiger partial charge in [0.25, 0.3) is 5.56 Å². The van der Waals surface area contributed by atoms with Crippen molar-refractivity contribution in [2.75, 3.05) is 12.4 Å². The van der Waals surface area contributed by atoms with Crippen LogP contribution in [0, 0.1) is 6.92 Å². The molecular formula is C18H17BrN2O2S. The number of thioether (sulfide) groups is 1. The molecule has 6 heteroatoms. The molecule has 2 heterocycles. The Labute approximate surface area is 153 Å². The smallest absolute Gasteiger partial charge is 0.258 e. The number of halogens is 1. The van der Waals surface area contributed by atoms with Crippen LogP contribution in [-0.4, -0.2) is 21.7 Å². The van der Waals surface area contributed by atoms with Gasteiger partial charge in [-0.2, -0.15) is 11.8 Å². The molecule has 0 radical (unpaired) electrons. The van der Waals surface area contributed by atoms with Gasteiger partial charge in [-0.25, -0.2) is 4.98 Å². The van der Waals surface area contributed by atoms with E-state index in [2.05, 4.69) is 20.9 Å². The Kier molecular flexibility index (Phi) is 5.58. The number of nitrogens with zero attached hydrogens (tertiary/aromatic N) is 2. The number of hydrogen-bond donors (Lipinski definition) is 0. The van der Waals surface area contributed by atoms with Crippen molar-refractivity contribution in [2.24, 2.45) is 0 Å². The molecule has 0 unspecified atom stereocenters. The van der Waals surface area contributed by atoms with E-state index in [0.29, 0.717) is 18.0 Å². The molecule has 3 aromatic rings. The number of aromatic nitrogens is 2. The van der Waals surface area contributed by atoms with Gasteiger partial charge >= 0.3 is 0 Å². The van der Waals surface area contributed by atoms with Crippen LogP contribution in [0.5, 0.6) is 5.75 Å². The standard InChI is InChI=1S/C18H17BrN2O2S/c1-13-2-7-17-20-15(10-18(22)21(17)11-13)12-24-9-8-23-16-5-3-14(19)4-6-16/h2-7,10-11H,8-9,12H2,1H3. The van der Waals surface area contributed by atoms with Crippen LogP contribution in [0.2, 0.25) is 0 Å². The Morgan fingerprint density at radius 1 is 1.21 bits per heavy atom. The van der Waals surface area contributed by atoms with E-state index in [4.69, 9.17) is 4.74 Å². The lowest BCUT2D eigenvalue weighted by Crippen LogP contribution is -2.15. The van der Waals surface area contributed by atoms with Crippen LogP contribution in [0.1, 0.15) is 11.3 Å². The first-order valence-corrected chi connectivity index (χ1v) is 9.52. The van der Waals surface area contributed by atoms with Crippen molar-refractivity contribution in [3.8, 4) is 5.75 Å². The highest BCUT2D eigenvalue weighted by molar-refractivity contribution is 9.10. The summed E-state index contributed by atoms with van der Waals surface area (Å²) in [6, 6.07) is 13.2. The first-order valence-electron chi connectivity index (χ1n) is 7.57. The van der Waals surface area contributed by atoms with Crippen LogP contribution >= 0.6 is 27.7 Å². The summed E-state index contributed by atoms with van der Waals surface area (Å²) in [5.41, 5.74) is 2.50. The molecule has 2 aromatic heterocycles. The van der Waals surface area contributed by atoms with Crippen LogP contribution in [0.15, 0.2) is 57.9 Å². The van der Waals surface area contributed by atoms with E-state index in [1.54, 1.807) is 22.2 Å². The highest BCUT2D eigenvalue weighted by Gasteiger charge is 2.03. The molecule has 3 rings (SSSR count). The van der Waals surface area contributed by atoms with E-state index >= 15 is 0 Å². The molecule has 0 fully saturated rings. The van der Waals surface area contributed by atoms with Crippen molar-refractivity contribution in [2.45, 2.75) is 12.7 Å². The Balaban J connectivity index is 1.53. The highest BCUT2D eigenvalue weighted by Crippen LogP contribution is 2.17. The van der Waals surface area contributed by atoms with Crippen molar-refractivity contribution < 1.29 is 4.74 Å². The SMILES string of the molecule is Cc1ccc2nc(CSCCOc3ccc(Br)cc3)cc(=O)n2c1. The van der Waals surface area contributed by atoms with Crippen LogP contribution in [0.25, 0.3) is 5.65 Å². The zero-order chi connectivity index (χ0) is 16.9. The average Bonchev–Trinajstić information content (AvgIpc) is 2.57. The van der Waals surface area contributed by atoms with E-state index in [9.17, 15) is 4.79 Å². The third-order valence-corrected chi connectivity index (χ3v) is 4.90. The summed E-state index contributed by atoms with van der Waals surface area (Å²) in [6.07, 6.45) is 1.81. The first kappa shape index (κ1) is 17.0. The monoisotopic (exact) mass is 404 g/mol. The van der Waals surface area contributed by atoms with Crippen molar-refractivity contribution in [3.63, 3.8) is 0 Å². The van der Waals surface area contributed by atoms with Crippen molar-refractivity contribution >= 4 is 33.3 Å². The second-order valence-corrected chi connectivity index (χ2v) is 7.40. The van der Waals surface area contributed by atoms with E-state index in [-0.39, 0.29) is 5.56 Å². The molecular weight excluding hydrogens is 388 g/mol. The Bertz CT molecular complexity index is 894. The van der Waals surface area contributed by atoms with Gasteiger partial charge in [0.05, 0.1) is 12.3 Å². The van der Waals surface area contributed by atoms with Crippen molar-refractivity contribution in [3.05, 3.63) is 74.7 Å². The summed E-state index contributed by atoms with van der Waals surface area (Å²) < 4.78 is 8.30. The van der Waals surface area contributed by atoms with Crippen LogP contribution in [0.3, 0.4) is 0 Å². The zero-order valence-electron chi connectivity index (χ0n) is 13.2. The molecule has 0 spiro atoms. The lowest BCUT2D eigenvalue weighted by atomic mass is 10.3. The predicted octanol–water partition coefficient (Wildman–Crippen LogP) is 4.08. The summed E-state index contributed by atoms with van der Waals surface area (Å²) >= 11 is 5.10. The number of rotatable bonds is 6. The lowest BCUT2D eigenvalue weighted by Gasteiger charge is -2.07. The highest BCUT2D eigenvalue weighted by atomic mass is 79.9. The quantitative estimate of drug-likeness (QED) is 0.580. The molecule has 0 saturated carbocycles. The third-order valence-electron chi connectivity index (χ3n) is 3.42. The number of aryl methyl sites for hydroxylation is 1. The predicted molar refractivity (Wildman–Crippen MR) is 102 cm³/mol. The Hall–Kier alpha value is -1.79. The number of hydrogen-bond acceptors (Lipinski definition) is 4. The molecule has 124 valence electrons. The lowest BCUT2D eigenvalue weighted by molar-refractivity contribution is 0.344. The van der Waals surface area contributed by atoms with E-state index < -0.39 is 0 Å². The van der Waals surface area contributed by atoms with Gasteiger partial charge in [-0.15, -0.1) is 0 Å². The van der Waals surface area contributed by atoms with Crippen LogP contribution in [0.4, 0.5) is 0 Å². The van der Waals surface area contributed by atoms with Gasteiger partial charge in [0.15, 0.2) is 0 Å². The van der Waals surface area contributed by atoms with Gasteiger partial charge in [-0.05, 0) is 42.8 Å². The minimum Gasteiger partial charge on any atom is -0.493 e. The third kappa shape index (κ3) is 4.39. The molecule has 0 bridgehead atoms. The first-order chi connectivity index (χ1) is 11.6. The number of ether oxygens (including phenoxy) is 1. The topological polar surface area (TPSA) is 43.6 Å². The fourth-order valence-corrected chi connectivity index (χ4v) is 3.23. The molecule has 0 atom stereocenters. The summed E-state index contributed by atoms with van der Waals surface area (Å²) in [7, 11) is 0. The van der Waals surface area contributed by atoms with Gasteiger partial charge in [-0.3, -0.25) is 9.20 Å². The molecule has 0 aliphatic rings. The minimum absolute atomic E-state index is 0.0367. The van der Waals surface area contributed by atoms with Crippen molar-refractivity contribution in [1.29, 1.82) is 0 Å². The fraction of sp³-hybridized carbons (Fsp3) is 0.222. The summed E-state index contributed by atoms with van der Waals surface area (Å²) in [6.45, 7) is 2.58. The molecule has 0 N–H and O–H groups in total. The number of pyridine rings is 1. The maximum atomic E-state index is 12.1. The Morgan fingerprint density at radius 2 is 2.00 bits per heavy atom. The maximum Gasteiger partial charge on any atom is 0.258 e. The van der Waals surface area contributed by atoms with E-state index in [1.165, 1.54) is 0 Å². The Morgan fingerprint density at radius 3 is 2.79 bits per heavy atom. The van der Waals surface area contributed by atoms with Gasteiger partial charge in [-0.1, -0.05) is 22.0 Å². The second kappa shape index (κ2) is 7.85. The summed E-state index contributed by atoms with van der Waals surface area (Å²) in [5.74, 6) is 2.39. The van der Waals surface area contributed by atoms with Gasteiger partial charge in [0.2, 0.25) is 0 Å². The molecule has 0 aliphatic heterocycles. The normalized spacial score (nSPS) is 10.9. The van der Waals surface area contributed by atoms with Crippen LogP contribution in [-0.2, 0) is 5.75 Å². The molecule has 4 nitrogen and oxygen atoms in total. The molecule has 0 amide bonds. The maximum absolute atomic E-state index is 12.1. The van der Waals surface area contributed by atoms with Gasteiger partial charge in [0.1, 0.15) is 11.4 Å². The van der Waals surface area contributed by atoms with Gasteiger partial charge < -0.3 is 4.74 Å². The largest absolute Gasteiger partial charge is 0.493 e. The van der Waals surface area contributed by atoms with E-state index in [1.807, 2.05) is 49.5 Å². The average molecular weight is 405 g/mol. The zero-order valence-corrected chi connectivity index (χ0v) is 15.6. The van der Waals surface area contributed by atoms with Crippen molar-refractivity contribution in [1.82, 2.24) is 9.38 Å². The molecule has 24 heavy (non-hydrogen) atoms. The number of fused-ring (bicyclic) bond motifs is 1. The number of benzene rings is 1. The minimum atomic E-state index is -0.0367. The second-order valence-electron chi connectivity index (χ2n) is 5.38. The molecule has 0 aliphatic carbocycles. The van der Waals surface area contributed by atoms with Gasteiger partial charge in [0, 0.05) is 28.2 Å². The van der Waals surface area contributed by atoms with E-state index in [0.717, 1.165) is 27.2 Å². The van der Waals surface area contributed by atoms with Crippen LogP contribution < -0.4 is 10.3 Å².